The summed E-state index contributed by atoms with van der Waals surface area (Å²) in [5, 5.41) is 6.87. The Morgan fingerprint density at radius 3 is 1.56 bits per heavy atom. The molecule has 55 heavy (non-hydrogen) atoms. The fraction of sp³-hybridized carbons (Fsp3) is 0. The summed E-state index contributed by atoms with van der Waals surface area (Å²) in [7, 11) is 0. The Hall–Kier alpha value is -7.36. The molecule has 11 rings (SSSR count). The van der Waals surface area contributed by atoms with Crippen LogP contribution in [0.5, 0.6) is 0 Å². The molecule has 0 radical (unpaired) electrons. The van der Waals surface area contributed by atoms with Gasteiger partial charge in [-0.05, 0) is 111 Å². The van der Waals surface area contributed by atoms with Crippen molar-refractivity contribution in [3.8, 4) is 33.4 Å². The van der Waals surface area contributed by atoms with E-state index < -0.39 is 0 Å². The van der Waals surface area contributed by atoms with Crippen LogP contribution in [-0.2, 0) is 0 Å². The Balaban J connectivity index is 0.993. The van der Waals surface area contributed by atoms with Crippen molar-refractivity contribution in [2.75, 3.05) is 4.90 Å². The van der Waals surface area contributed by atoms with E-state index in [-0.39, 0.29) is 0 Å². The number of furan rings is 2. The van der Waals surface area contributed by atoms with E-state index in [9.17, 15) is 0 Å². The summed E-state index contributed by atoms with van der Waals surface area (Å²) in [6.07, 6.45) is 0. The Labute approximate surface area is 317 Å². The van der Waals surface area contributed by atoms with E-state index >= 15 is 0 Å². The first kappa shape index (κ1) is 31.2. The molecule has 11 aromatic rings. The lowest BCUT2D eigenvalue weighted by atomic mass is 9.95. The summed E-state index contributed by atoms with van der Waals surface area (Å²) in [5.74, 6) is 0. The van der Waals surface area contributed by atoms with E-state index in [1.807, 2.05) is 24.3 Å². The SMILES string of the molecule is c1cc(-c2ccc(N(c3ccc4oc5ccccc5c4c3)c3cccc4c3oc3ccccc34)cc2)cc(-c2cccc(-c3ccc4ccccc4c3)c2)c1. The van der Waals surface area contributed by atoms with Crippen LogP contribution >= 0.6 is 0 Å². The van der Waals surface area contributed by atoms with Gasteiger partial charge in [-0.1, -0.05) is 133 Å². The zero-order valence-electron chi connectivity index (χ0n) is 29.8. The largest absolute Gasteiger partial charge is 0.456 e. The molecule has 0 N–H and O–H groups in total. The van der Waals surface area contributed by atoms with Gasteiger partial charge >= 0.3 is 0 Å². The number of hydrogen-bond acceptors (Lipinski definition) is 3. The van der Waals surface area contributed by atoms with Crippen molar-refractivity contribution in [1.29, 1.82) is 0 Å². The average molecular weight is 704 g/mol. The topological polar surface area (TPSA) is 29.5 Å². The van der Waals surface area contributed by atoms with E-state index in [2.05, 4.69) is 181 Å². The molecule has 9 aromatic carbocycles. The molecule has 0 saturated heterocycles. The molecule has 0 fully saturated rings. The van der Waals surface area contributed by atoms with Gasteiger partial charge in [-0.25, -0.2) is 0 Å². The number of benzene rings is 9. The summed E-state index contributed by atoms with van der Waals surface area (Å²) in [5.41, 5.74) is 13.6. The Bertz CT molecular complexity index is 3220. The van der Waals surface area contributed by atoms with Crippen molar-refractivity contribution in [2.24, 2.45) is 0 Å². The van der Waals surface area contributed by atoms with Crippen LogP contribution in [0.25, 0.3) is 88.0 Å². The molecule has 0 aliphatic carbocycles. The maximum absolute atomic E-state index is 6.59. The highest BCUT2D eigenvalue weighted by molar-refractivity contribution is 6.11. The first-order valence-corrected chi connectivity index (χ1v) is 18.7. The maximum atomic E-state index is 6.59. The van der Waals surface area contributed by atoms with Crippen LogP contribution in [-0.4, -0.2) is 0 Å². The summed E-state index contributed by atoms with van der Waals surface area (Å²) < 4.78 is 12.8. The van der Waals surface area contributed by atoms with Crippen LogP contribution in [0.2, 0.25) is 0 Å². The minimum Gasteiger partial charge on any atom is -0.456 e. The second-order valence-corrected chi connectivity index (χ2v) is 14.1. The van der Waals surface area contributed by atoms with Gasteiger partial charge in [0.25, 0.3) is 0 Å². The molecule has 2 aromatic heterocycles. The Kier molecular flexibility index (Phi) is 7.17. The number of fused-ring (bicyclic) bond motifs is 7. The Morgan fingerprint density at radius 1 is 0.291 bits per heavy atom. The number of nitrogens with zero attached hydrogens (tertiary/aromatic N) is 1. The van der Waals surface area contributed by atoms with Gasteiger partial charge < -0.3 is 13.7 Å². The lowest BCUT2D eigenvalue weighted by molar-refractivity contribution is 0.669. The van der Waals surface area contributed by atoms with Gasteiger partial charge in [0.15, 0.2) is 5.58 Å². The van der Waals surface area contributed by atoms with Crippen LogP contribution in [0.1, 0.15) is 0 Å². The molecule has 0 spiro atoms. The van der Waals surface area contributed by atoms with Crippen LogP contribution in [0, 0.1) is 0 Å². The number of rotatable bonds is 6. The van der Waals surface area contributed by atoms with Crippen molar-refractivity contribution in [3.05, 3.63) is 200 Å². The molecule has 0 amide bonds. The van der Waals surface area contributed by atoms with E-state index in [0.717, 1.165) is 72.1 Å². The van der Waals surface area contributed by atoms with Gasteiger partial charge in [0.05, 0.1) is 5.69 Å². The first-order valence-electron chi connectivity index (χ1n) is 18.7. The number of hydrogen-bond donors (Lipinski definition) is 0. The van der Waals surface area contributed by atoms with Gasteiger partial charge in [-0.15, -0.1) is 0 Å². The van der Waals surface area contributed by atoms with Crippen LogP contribution < -0.4 is 4.90 Å². The minimum atomic E-state index is 0.851. The molecule has 3 nitrogen and oxygen atoms in total. The lowest BCUT2D eigenvalue weighted by Gasteiger charge is -2.26. The fourth-order valence-corrected chi connectivity index (χ4v) is 8.12. The van der Waals surface area contributed by atoms with Gasteiger partial charge in [0.2, 0.25) is 0 Å². The highest BCUT2D eigenvalue weighted by atomic mass is 16.3. The highest BCUT2D eigenvalue weighted by Gasteiger charge is 2.21. The van der Waals surface area contributed by atoms with E-state index in [1.54, 1.807) is 0 Å². The molecular weight excluding hydrogens is 671 g/mol. The fourth-order valence-electron chi connectivity index (χ4n) is 8.12. The zero-order chi connectivity index (χ0) is 36.3. The van der Waals surface area contributed by atoms with Crippen molar-refractivity contribution in [3.63, 3.8) is 0 Å². The smallest absolute Gasteiger partial charge is 0.159 e. The van der Waals surface area contributed by atoms with Gasteiger partial charge in [0, 0.05) is 32.9 Å². The second-order valence-electron chi connectivity index (χ2n) is 14.1. The van der Waals surface area contributed by atoms with Gasteiger partial charge in [-0.2, -0.15) is 0 Å². The van der Waals surface area contributed by atoms with Crippen LogP contribution in [0.15, 0.2) is 209 Å². The molecule has 0 unspecified atom stereocenters. The van der Waals surface area contributed by atoms with E-state index in [1.165, 1.54) is 33.0 Å². The van der Waals surface area contributed by atoms with Crippen molar-refractivity contribution >= 4 is 71.7 Å². The second kappa shape index (κ2) is 12.6. The predicted octanol–water partition coefficient (Wildman–Crippen LogP) is 15.1. The molecule has 0 bridgehead atoms. The molecule has 0 aliphatic heterocycles. The third-order valence-corrected chi connectivity index (χ3v) is 10.8. The molecule has 2 heterocycles. The van der Waals surface area contributed by atoms with Crippen molar-refractivity contribution in [2.45, 2.75) is 0 Å². The Morgan fingerprint density at radius 2 is 0.818 bits per heavy atom. The molecule has 0 saturated carbocycles. The van der Waals surface area contributed by atoms with Gasteiger partial charge in [-0.3, -0.25) is 0 Å². The normalized spacial score (nSPS) is 11.6. The number of anilines is 3. The van der Waals surface area contributed by atoms with Crippen molar-refractivity contribution < 1.29 is 8.83 Å². The lowest BCUT2D eigenvalue weighted by Crippen LogP contribution is -2.10. The summed E-state index contributed by atoms with van der Waals surface area (Å²) >= 11 is 0. The third-order valence-electron chi connectivity index (χ3n) is 10.8. The summed E-state index contributed by atoms with van der Waals surface area (Å²) in [4.78, 5) is 2.30. The molecule has 0 atom stereocenters. The molecule has 3 heteroatoms. The molecule has 258 valence electrons. The summed E-state index contributed by atoms with van der Waals surface area (Å²) in [6.45, 7) is 0. The van der Waals surface area contributed by atoms with Gasteiger partial charge in [0.1, 0.15) is 16.7 Å². The standard InChI is InChI=1S/C52H33NO2/c1-2-11-36-31-41(23-22-34(36)10-1)40-15-8-14-39(32-40)38-13-7-12-37(30-38)35-24-26-42(27-25-35)53(43-28-29-51-47(33-43)45-17-4-5-20-49(45)54-51)48-19-9-18-46-44-16-3-6-21-50(44)55-52(46)48/h1-33H. The number of para-hydroxylation sites is 3. The highest BCUT2D eigenvalue weighted by Crippen LogP contribution is 2.44. The quantitative estimate of drug-likeness (QED) is 0.173. The maximum Gasteiger partial charge on any atom is 0.159 e. The van der Waals surface area contributed by atoms with E-state index in [4.69, 9.17) is 8.83 Å². The monoisotopic (exact) mass is 703 g/mol. The third kappa shape index (κ3) is 5.36. The average Bonchev–Trinajstić information content (AvgIpc) is 3.83. The molecule has 0 aliphatic rings. The van der Waals surface area contributed by atoms with E-state index in [0.29, 0.717) is 0 Å². The van der Waals surface area contributed by atoms with Crippen molar-refractivity contribution in [1.82, 2.24) is 0 Å². The van der Waals surface area contributed by atoms with Crippen LogP contribution in [0.3, 0.4) is 0 Å². The zero-order valence-corrected chi connectivity index (χ0v) is 29.8. The molecular formula is C52H33NO2. The predicted molar refractivity (Wildman–Crippen MR) is 229 cm³/mol. The summed E-state index contributed by atoms with van der Waals surface area (Å²) in [6, 6.07) is 71.1. The van der Waals surface area contributed by atoms with Crippen LogP contribution in [0.4, 0.5) is 17.1 Å². The minimum absolute atomic E-state index is 0.851. The first-order chi connectivity index (χ1) is 27.2.